The van der Waals surface area contributed by atoms with Crippen molar-refractivity contribution < 1.29 is 27.1 Å². The molecule has 0 spiro atoms. The molecule has 0 atom stereocenters. The zero-order valence-corrected chi connectivity index (χ0v) is 13.2. The van der Waals surface area contributed by atoms with Crippen LogP contribution in [0.15, 0.2) is 36.5 Å². The van der Waals surface area contributed by atoms with Crippen LogP contribution < -0.4 is 15.4 Å². The van der Waals surface area contributed by atoms with Gasteiger partial charge in [0.15, 0.2) is 11.6 Å². The van der Waals surface area contributed by atoms with E-state index in [1.807, 2.05) is 0 Å². The summed E-state index contributed by atoms with van der Waals surface area (Å²) in [7, 11) is 0. The molecular weight excluding hydrogens is 342 g/mol. The molecule has 1 aromatic carbocycles. The Balaban J connectivity index is 2.09. The zero-order valence-electron chi connectivity index (χ0n) is 13.2. The Labute approximate surface area is 141 Å². The molecule has 2 N–H and O–H groups in total. The molecule has 1 aromatic heterocycles. The first-order chi connectivity index (χ1) is 11.7. The average Bonchev–Trinajstić information content (AvgIpc) is 2.52. The van der Waals surface area contributed by atoms with Crippen LogP contribution in [0.4, 0.5) is 23.2 Å². The third kappa shape index (κ3) is 5.94. The van der Waals surface area contributed by atoms with E-state index in [9.17, 15) is 22.4 Å². The molecule has 2 aromatic rings. The van der Waals surface area contributed by atoms with Gasteiger partial charge in [0.05, 0.1) is 5.69 Å². The third-order valence-electron chi connectivity index (χ3n) is 3.04. The highest BCUT2D eigenvalue weighted by atomic mass is 19.4. The van der Waals surface area contributed by atoms with Gasteiger partial charge in [0.2, 0.25) is 5.91 Å². The maximum atomic E-state index is 13.8. The summed E-state index contributed by atoms with van der Waals surface area (Å²) in [6, 6.07) is 6.40. The van der Waals surface area contributed by atoms with Crippen LogP contribution in [0.3, 0.4) is 0 Å². The van der Waals surface area contributed by atoms with E-state index >= 15 is 0 Å². The quantitative estimate of drug-likeness (QED) is 0.615. The Kier molecular flexibility index (Phi) is 5.79. The summed E-state index contributed by atoms with van der Waals surface area (Å²) in [4.78, 5) is 14.8. The Morgan fingerprint density at radius 2 is 1.96 bits per heavy atom. The number of ether oxygens (including phenoxy) is 1. The first-order valence-electron chi connectivity index (χ1n) is 7.24. The predicted octanol–water partition coefficient (Wildman–Crippen LogP) is 3.33. The fourth-order valence-electron chi connectivity index (χ4n) is 2.01. The van der Waals surface area contributed by atoms with Crippen LogP contribution in [0.2, 0.25) is 0 Å². The number of carbonyl (C=O) groups is 1. The average molecular weight is 357 g/mol. The van der Waals surface area contributed by atoms with Gasteiger partial charge in [-0.1, -0.05) is 0 Å². The molecule has 0 radical (unpaired) electrons. The lowest BCUT2D eigenvalue weighted by Crippen LogP contribution is -2.26. The molecule has 0 fully saturated rings. The summed E-state index contributed by atoms with van der Waals surface area (Å²) >= 11 is 0. The van der Waals surface area contributed by atoms with E-state index < -0.39 is 17.9 Å². The Hall–Kier alpha value is -2.84. The lowest BCUT2D eigenvalue weighted by molar-refractivity contribution is -0.275. The predicted molar refractivity (Wildman–Crippen MR) is 83.5 cm³/mol. The number of pyridine rings is 1. The van der Waals surface area contributed by atoms with Gasteiger partial charge < -0.3 is 15.4 Å². The standard InChI is InChI=1S/C16H15F4N3O2/c1-10(24)21-6-7-22-12-4-5-23-14(9-12)11-2-3-15(13(17)8-11)25-16(18,19)20/h2-5,8-9H,6-7H2,1H3,(H,21,24)(H,22,23). The van der Waals surface area contributed by atoms with Gasteiger partial charge in [0.25, 0.3) is 0 Å². The topological polar surface area (TPSA) is 63.2 Å². The number of alkyl halides is 3. The van der Waals surface area contributed by atoms with Gasteiger partial charge in [-0.2, -0.15) is 0 Å². The summed E-state index contributed by atoms with van der Waals surface area (Å²) in [5.41, 5.74) is 1.35. The Morgan fingerprint density at radius 3 is 2.60 bits per heavy atom. The monoisotopic (exact) mass is 357 g/mol. The summed E-state index contributed by atoms with van der Waals surface area (Å²) in [6.07, 6.45) is -3.48. The van der Waals surface area contributed by atoms with Gasteiger partial charge in [-0.05, 0) is 30.3 Å². The number of aromatic nitrogens is 1. The molecule has 1 amide bonds. The minimum absolute atomic E-state index is 0.145. The molecule has 5 nitrogen and oxygen atoms in total. The van der Waals surface area contributed by atoms with Crippen molar-refractivity contribution in [1.82, 2.24) is 10.3 Å². The molecule has 0 bridgehead atoms. The number of nitrogens with one attached hydrogen (secondary N) is 2. The molecule has 1 heterocycles. The van der Waals surface area contributed by atoms with E-state index in [1.165, 1.54) is 19.2 Å². The molecule has 25 heavy (non-hydrogen) atoms. The molecule has 0 aliphatic heterocycles. The highest BCUT2D eigenvalue weighted by Crippen LogP contribution is 2.29. The Bertz CT molecular complexity index is 750. The number of rotatable bonds is 6. The van der Waals surface area contributed by atoms with Crippen LogP contribution in [-0.2, 0) is 4.79 Å². The number of anilines is 1. The number of halogens is 4. The van der Waals surface area contributed by atoms with Crippen molar-refractivity contribution in [2.75, 3.05) is 18.4 Å². The number of nitrogens with zero attached hydrogens (tertiary/aromatic N) is 1. The molecule has 134 valence electrons. The van der Waals surface area contributed by atoms with E-state index in [2.05, 4.69) is 20.4 Å². The van der Waals surface area contributed by atoms with Gasteiger partial charge in [-0.15, -0.1) is 13.2 Å². The maximum Gasteiger partial charge on any atom is 0.573 e. The number of amides is 1. The van der Waals surface area contributed by atoms with Gasteiger partial charge >= 0.3 is 6.36 Å². The fourth-order valence-corrected chi connectivity index (χ4v) is 2.01. The van der Waals surface area contributed by atoms with Crippen molar-refractivity contribution in [2.24, 2.45) is 0 Å². The van der Waals surface area contributed by atoms with Crippen LogP contribution in [0.5, 0.6) is 5.75 Å². The molecule has 9 heteroatoms. The second kappa shape index (κ2) is 7.82. The smallest absolute Gasteiger partial charge is 0.403 e. The lowest BCUT2D eigenvalue weighted by atomic mass is 10.1. The normalized spacial score (nSPS) is 11.1. The first kappa shape index (κ1) is 18.5. The van der Waals surface area contributed by atoms with Crippen molar-refractivity contribution >= 4 is 11.6 Å². The van der Waals surface area contributed by atoms with Gasteiger partial charge in [0.1, 0.15) is 0 Å². The van der Waals surface area contributed by atoms with E-state index in [0.29, 0.717) is 30.0 Å². The summed E-state index contributed by atoms with van der Waals surface area (Å²) < 4.78 is 53.9. The summed E-state index contributed by atoms with van der Waals surface area (Å²) in [6.45, 7) is 2.30. The SMILES string of the molecule is CC(=O)NCCNc1ccnc(-c2ccc(OC(F)(F)F)c(F)c2)c1. The van der Waals surface area contributed by atoms with E-state index in [-0.39, 0.29) is 5.91 Å². The first-order valence-corrected chi connectivity index (χ1v) is 7.24. The van der Waals surface area contributed by atoms with E-state index in [0.717, 1.165) is 12.1 Å². The van der Waals surface area contributed by atoms with Crippen LogP contribution >= 0.6 is 0 Å². The van der Waals surface area contributed by atoms with Gasteiger partial charge in [-0.3, -0.25) is 9.78 Å². The van der Waals surface area contributed by atoms with Crippen LogP contribution in [0.1, 0.15) is 6.92 Å². The van der Waals surface area contributed by atoms with Crippen molar-refractivity contribution in [3.63, 3.8) is 0 Å². The molecule has 0 saturated carbocycles. The van der Waals surface area contributed by atoms with Crippen molar-refractivity contribution in [3.8, 4) is 17.0 Å². The minimum atomic E-state index is -4.96. The van der Waals surface area contributed by atoms with Crippen molar-refractivity contribution in [2.45, 2.75) is 13.3 Å². The minimum Gasteiger partial charge on any atom is -0.403 e. The molecule has 0 aliphatic rings. The molecule has 2 rings (SSSR count). The summed E-state index contributed by atoms with van der Waals surface area (Å²) in [5, 5.41) is 5.67. The number of carbonyl (C=O) groups excluding carboxylic acids is 1. The van der Waals surface area contributed by atoms with Crippen molar-refractivity contribution in [1.29, 1.82) is 0 Å². The van der Waals surface area contributed by atoms with Crippen LogP contribution in [0.25, 0.3) is 11.3 Å². The fraction of sp³-hybridized carbons (Fsp3) is 0.250. The second-order valence-corrected chi connectivity index (χ2v) is 5.03. The van der Waals surface area contributed by atoms with Gasteiger partial charge in [-0.25, -0.2) is 4.39 Å². The van der Waals surface area contributed by atoms with Gasteiger partial charge in [0, 0.05) is 37.5 Å². The number of hydrogen-bond donors (Lipinski definition) is 2. The Morgan fingerprint density at radius 1 is 1.20 bits per heavy atom. The van der Waals surface area contributed by atoms with Crippen LogP contribution in [-0.4, -0.2) is 30.3 Å². The number of benzene rings is 1. The second-order valence-electron chi connectivity index (χ2n) is 5.03. The number of hydrogen-bond acceptors (Lipinski definition) is 4. The van der Waals surface area contributed by atoms with Crippen LogP contribution in [0, 0.1) is 5.82 Å². The largest absolute Gasteiger partial charge is 0.573 e. The summed E-state index contributed by atoms with van der Waals surface area (Å²) in [5.74, 6) is -2.18. The van der Waals surface area contributed by atoms with Crippen molar-refractivity contribution in [3.05, 3.63) is 42.3 Å². The highest BCUT2D eigenvalue weighted by Gasteiger charge is 2.32. The third-order valence-corrected chi connectivity index (χ3v) is 3.04. The maximum absolute atomic E-state index is 13.8. The highest BCUT2D eigenvalue weighted by molar-refractivity contribution is 5.72. The molecule has 0 unspecified atom stereocenters. The van der Waals surface area contributed by atoms with E-state index in [1.54, 1.807) is 12.1 Å². The lowest BCUT2D eigenvalue weighted by Gasteiger charge is -2.11. The molecular formula is C16H15F4N3O2. The molecule has 0 aliphatic carbocycles. The van der Waals surface area contributed by atoms with E-state index in [4.69, 9.17) is 0 Å². The zero-order chi connectivity index (χ0) is 18.4. The molecule has 0 saturated heterocycles.